The molecule has 20 heavy (non-hydrogen) atoms. The highest BCUT2D eigenvalue weighted by atomic mass is 32.2. The number of nitrogens with zero attached hydrogens (tertiary/aromatic N) is 2. The van der Waals surface area contributed by atoms with Crippen molar-refractivity contribution in [3.05, 3.63) is 12.4 Å². The Morgan fingerprint density at radius 1 is 1.45 bits per heavy atom. The molecule has 6 nitrogen and oxygen atoms in total. The van der Waals surface area contributed by atoms with Crippen molar-refractivity contribution in [2.45, 2.75) is 43.6 Å². The van der Waals surface area contributed by atoms with Crippen LogP contribution >= 0.6 is 0 Å². The number of aromatic nitrogens is 2. The fraction of sp³-hybridized carbons (Fsp3) is 0.769. The first kappa shape index (κ1) is 15.5. The zero-order chi connectivity index (χ0) is 14.6. The van der Waals surface area contributed by atoms with Gasteiger partial charge in [-0.15, -0.1) is 0 Å². The Morgan fingerprint density at radius 3 is 2.85 bits per heavy atom. The first-order valence-corrected chi connectivity index (χ1v) is 8.57. The highest BCUT2D eigenvalue weighted by molar-refractivity contribution is 7.89. The van der Waals surface area contributed by atoms with Crippen LogP contribution in [0.25, 0.3) is 0 Å². The van der Waals surface area contributed by atoms with Crippen LogP contribution in [-0.4, -0.2) is 37.5 Å². The van der Waals surface area contributed by atoms with Gasteiger partial charge < -0.3 is 4.74 Å². The fourth-order valence-electron chi connectivity index (χ4n) is 2.54. The maximum Gasteiger partial charge on any atom is 0.243 e. The number of hydrogen-bond acceptors (Lipinski definition) is 4. The summed E-state index contributed by atoms with van der Waals surface area (Å²) < 4.78 is 33.7. The molecular formula is C13H23N3O3S. The van der Waals surface area contributed by atoms with E-state index in [1.807, 2.05) is 0 Å². The fourth-order valence-corrected chi connectivity index (χ4v) is 3.53. The van der Waals surface area contributed by atoms with Gasteiger partial charge in [0.25, 0.3) is 0 Å². The molecular weight excluding hydrogens is 278 g/mol. The van der Waals surface area contributed by atoms with Crippen molar-refractivity contribution < 1.29 is 13.2 Å². The highest BCUT2D eigenvalue weighted by Crippen LogP contribution is 2.25. The molecule has 1 N–H and O–H groups in total. The summed E-state index contributed by atoms with van der Waals surface area (Å²) in [5, 5.41) is 3.86. The van der Waals surface area contributed by atoms with Crippen molar-refractivity contribution >= 4 is 10.0 Å². The molecule has 2 rings (SSSR count). The third-order valence-corrected chi connectivity index (χ3v) is 5.17. The van der Waals surface area contributed by atoms with Crippen molar-refractivity contribution in [2.75, 3.05) is 13.2 Å². The Balaban J connectivity index is 1.75. The number of rotatable bonds is 6. The standard InChI is InChI=1S/C13H23N3O3S/c1-11-5-3-4-6-13(11)19-8-7-15-20(17,18)12-9-14-16(2)10-12/h9-11,13,15H,3-8H2,1-2H3/t11-,13-/m0/s1. The van der Waals surface area contributed by atoms with Crippen LogP contribution in [0.3, 0.4) is 0 Å². The second-order valence-electron chi connectivity index (χ2n) is 5.42. The molecule has 1 aliphatic rings. The Labute approximate surface area is 120 Å². The van der Waals surface area contributed by atoms with E-state index in [1.165, 1.54) is 36.3 Å². The average Bonchev–Trinajstić information content (AvgIpc) is 2.84. The van der Waals surface area contributed by atoms with Gasteiger partial charge in [-0.3, -0.25) is 4.68 Å². The predicted molar refractivity (Wildman–Crippen MR) is 75.8 cm³/mol. The molecule has 0 bridgehead atoms. The van der Waals surface area contributed by atoms with E-state index in [2.05, 4.69) is 16.7 Å². The smallest absolute Gasteiger partial charge is 0.243 e. The maximum absolute atomic E-state index is 11.9. The summed E-state index contributed by atoms with van der Waals surface area (Å²) in [6.07, 6.45) is 7.85. The summed E-state index contributed by atoms with van der Waals surface area (Å²) in [5.74, 6) is 0.568. The van der Waals surface area contributed by atoms with Crippen LogP contribution in [0.5, 0.6) is 0 Å². The lowest BCUT2D eigenvalue weighted by molar-refractivity contribution is -0.00176. The third kappa shape index (κ3) is 4.04. The first-order chi connectivity index (χ1) is 9.49. The molecule has 1 aromatic rings. The Morgan fingerprint density at radius 2 is 2.20 bits per heavy atom. The van der Waals surface area contributed by atoms with E-state index >= 15 is 0 Å². The minimum absolute atomic E-state index is 0.186. The monoisotopic (exact) mass is 301 g/mol. The van der Waals surface area contributed by atoms with Crippen molar-refractivity contribution in [3.63, 3.8) is 0 Å². The number of sulfonamides is 1. The summed E-state index contributed by atoms with van der Waals surface area (Å²) >= 11 is 0. The summed E-state index contributed by atoms with van der Waals surface area (Å²) in [6, 6.07) is 0. The van der Waals surface area contributed by atoms with Crippen molar-refractivity contribution in [2.24, 2.45) is 13.0 Å². The zero-order valence-electron chi connectivity index (χ0n) is 12.1. The Kier molecular flexibility index (Phi) is 5.17. The first-order valence-electron chi connectivity index (χ1n) is 7.09. The minimum Gasteiger partial charge on any atom is -0.377 e. The molecule has 0 aliphatic heterocycles. The molecule has 0 spiro atoms. The van der Waals surface area contributed by atoms with Gasteiger partial charge in [0, 0.05) is 19.8 Å². The molecule has 1 aromatic heterocycles. The van der Waals surface area contributed by atoms with Crippen LogP contribution in [0.15, 0.2) is 17.3 Å². The lowest BCUT2D eigenvalue weighted by Gasteiger charge is -2.28. The molecule has 0 unspecified atom stereocenters. The molecule has 7 heteroatoms. The summed E-state index contributed by atoms with van der Waals surface area (Å²) in [5.41, 5.74) is 0. The van der Waals surface area contributed by atoms with E-state index < -0.39 is 10.0 Å². The van der Waals surface area contributed by atoms with Crippen LogP contribution < -0.4 is 4.72 Å². The molecule has 0 radical (unpaired) electrons. The summed E-state index contributed by atoms with van der Waals surface area (Å²) in [7, 11) is -1.78. The maximum atomic E-state index is 11.9. The van der Waals surface area contributed by atoms with Gasteiger partial charge in [-0.1, -0.05) is 19.8 Å². The Hall–Kier alpha value is -0.920. The van der Waals surface area contributed by atoms with Gasteiger partial charge in [0.1, 0.15) is 4.90 Å². The van der Waals surface area contributed by atoms with Gasteiger partial charge in [0.15, 0.2) is 0 Å². The molecule has 114 valence electrons. The van der Waals surface area contributed by atoms with E-state index in [0.29, 0.717) is 19.1 Å². The van der Waals surface area contributed by atoms with Crippen LogP contribution in [0, 0.1) is 5.92 Å². The normalized spacial score (nSPS) is 23.9. The lowest BCUT2D eigenvalue weighted by Crippen LogP contribution is -2.31. The largest absolute Gasteiger partial charge is 0.377 e. The molecule has 1 fully saturated rings. The van der Waals surface area contributed by atoms with Gasteiger partial charge in [-0.2, -0.15) is 5.10 Å². The number of aryl methyl sites for hydroxylation is 1. The molecule has 2 atom stereocenters. The molecule has 1 saturated carbocycles. The van der Waals surface area contributed by atoms with Crippen LogP contribution in [-0.2, 0) is 21.8 Å². The van der Waals surface area contributed by atoms with E-state index in [4.69, 9.17) is 4.74 Å². The van der Waals surface area contributed by atoms with E-state index in [1.54, 1.807) is 7.05 Å². The average molecular weight is 301 g/mol. The molecule has 1 heterocycles. The lowest BCUT2D eigenvalue weighted by atomic mass is 9.88. The van der Waals surface area contributed by atoms with Crippen LogP contribution in [0.2, 0.25) is 0 Å². The second kappa shape index (κ2) is 6.69. The number of hydrogen-bond donors (Lipinski definition) is 1. The topological polar surface area (TPSA) is 73.2 Å². The molecule has 0 aromatic carbocycles. The SMILES string of the molecule is C[C@H]1CCCC[C@@H]1OCCNS(=O)(=O)c1cnn(C)c1. The summed E-state index contributed by atoms with van der Waals surface area (Å²) in [4.78, 5) is 0.186. The van der Waals surface area contributed by atoms with Crippen molar-refractivity contribution in [3.8, 4) is 0 Å². The van der Waals surface area contributed by atoms with Gasteiger partial charge in [0.2, 0.25) is 10.0 Å². The zero-order valence-corrected chi connectivity index (χ0v) is 12.9. The van der Waals surface area contributed by atoms with E-state index in [9.17, 15) is 8.42 Å². The molecule has 0 amide bonds. The highest BCUT2D eigenvalue weighted by Gasteiger charge is 2.22. The van der Waals surface area contributed by atoms with Gasteiger partial charge in [-0.05, 0) is 18.8 Å². The van der Waals surface area contributed by atoms with Crippen LogP contribution in [0.4, 0.5) is 0 Å². The van der Waals surface area contributed by atoms with Gasteiger partial charge in [0.05, 0.1) is 18.9 Å². The number of nitrogens with one attached hydrogen (secondary N) is 1. The van der Waals surface area contributed by atoms with Gasteiger partial charge in [-0.25, -0.2) is 13.1 Å². The Bertz CT molecular complexity index is 527. The van der Waals surface area contributed by atoms with Crippen molar-refractivity contribution in [1.29, 1.82) is 0 Å². The molecule has 1 aliphatic carbocycles. The van der Waals surface area contributed by atoms with E-state index in [-0.39, 0.29) is 11.0 Å². The van der Waals surface area contributed by atoms with Crippen LogP contribution in [0.1, 0.15) is 32.6 Å². The quantitative estimate of drug-likeness (QED) is 0.804. The number of ether oxygens (including phenoxy) is 1. The third-order valence-electron chi connectivity index (χ3n) is 3.75. The predicted octanol–water partition coefficient (Wildman–Crippen LogP) is 1.29. The van der Waals surface area contributed by atoms with Crippen molar-refractivity contribution in [1.82, 2.24) is 14.5 Å². The van der Waals surface area contributed by atoms with Gasteiger partial charge >= 0.3 is 0 Å². The van der Waals surface area contributed by atoms with E-state index in [0.717, 1.165) is 6.42 Å². The minimum atomic E-state index is -3.47. The summed E-state index contributed by atoms with van der Waals surface area (Å²) in [6.45, 7) is 2.90. The second-order valence-corrected chi connectivity index (χ2v) is 7.19. The molecule has 0 saturated heterocycles.